The molecule has 51 heavy (non-hydrogen) atoms. The third-order valence-electron chi connectivity index (χ3n) is 7.35. The van der Waals surface area contributed by atoms with Gasteiger partial charge in [-0.15, -0.1) is 0 Å². The van der Waals surface area contributed by atoms with Crippen LogP contribution < -0.4 is 31.9 Å². The SMILES string of the molecule is COCCOCCOC(=O)NCC(=O)NC1C(O)CC(OP(=O)([O-])OC2OC(n3ccc(N)cc3=O)C(O)C2O)(C(=O)[O-])OC1[C@H](O)[C@H](O)CO. The van der Waals surface area contributed by atoms with E-state index in [1.54, 1.807) is 0 Å². The number of amides is 2. The first-order chi connectivity index (χ1) is 23.9. The number of ether oxygens (including phenoxy) is 5. The molecule has 9 unspecified atom stereocenters. The van der Waals surface area contributed by atoms with Gasteiger partial charge >= 0.3 is 6.09 Å². The van der Waals surface area contributed by atoms with Gasteiger partial charge in [-0.3, -0.25) is 27.8 Å². The Bertz CT molecular complexity index is 1450. The molecule has 0 aliphatic carbocycles. The van der Waals surface area contributed by atoms with Crippen LogP contribution >= 0.6 is 7.82 Å². The summed E-state index contributed by atoms with van der Waals surface area (Å²) in [6.07, 6.45) is -18.5. The first-order valence-corrected chi connectivity index (χ1v) is 16.4. The molecule has 1 aromatic rings. The van der Waals surface area contributed by atoms with Crippen molar-refractivity contribution in [2.24, 2.45) is 0 Å². The summed E-state index contributed by atoms with van der Waals surface area (Å²) in [7, 11) is -4.64. The van der Waals surface area contributed by atoms with Crippen LogP contribution in [0.25, 0.3) is 0 Å². The van der Waals surface area contributed by atoms with Gasteiger partial charge in [0.2, 0.25) is 11.7 Å². The molecule has 2 saturated heterocycles. The summed E-state index contributed by atoms with van der Waals surface area (Å²) in [6, 6.07) is 0.283. The number of phosphoric acid groups is 1. The van der Waals surface area contributed by atoms with Crippen LogP contribution in [0.5, 0.6) is 0 Å². The number of nitrogens with one attached hydrogen (secondary N) is 2. The average molecular weight is 759 g/mol. The largest absolute Gasteiger partial charge is 0.756 e. The number of alkyl carbamates (subject to hydrolysis) is 1. The Kier molecular flexibility index (Phi) is 15.2. The fourth-order valence-corrected chi connectivity index (χ4v) is 5.87. The van der Waals surface area contributed by atoms with Gasteiger partial charge in [0.1, 0.15) is 49.6 Å². The predicted molar refractivity (Wildman–Crippen MR) is 157 cm³/mol. The highest BCUT2D eigenvalue weighted by Crippen LogP contribution is 2.50. The summed E-state index contributed by atoms with van der Waals surface area (Å²) >= 11 is 0. The van der Waals surface area contributed by atoms with E-state index >= 15 is 0 Å². The van der Waals surface area contributed by atoms with Gasteiger partial charge in [0.05, 0.1) is 38.6 Å². The summed E-state index contributed by atoms with van der Waals surface area (Å²) in [6.45, 7) is -1.66. The first-order valence-electron chi connectivity index (χ1n) is 15.0. The number of pyridine rings is 1. The fraction of sp³-hybridized carbons (Fsp3) is 0.692. The molecule has 0 aromatic carbocycles. The number of methoxy groups -OCH3 is 1. The van der Waals surface area contributed by atoms with Gasteiger partial charge < -0.3 is 85.5 Å². The van der Waals surface area contributed by atoms with Crippen LogP contribution in [0.15, 0.2) is 23.1 Å². The number of nitrogens with zero attached hydrogens (tertiary/aromatic N) is 1. The predicted octanol–water partition coefficient (Wildman–Crippen LogP) is -7.31. The average Bonchev–Trinajstić information content (AvgIpc) is 3.33. The highest BCUT2D eigenvalue weighted by atomic mass is 31.2. The zero-order valence-electron chi connectivity index (χ0n) is 26.7. The van der Waals surface area contributed by atoms with Crippen molar-refractivity contribution in [3.8, 4) is 0 Å². The van der Waals surface area contributed by atoms with Crippen molar-refractivity contribution < 1.29 is 92.3 Å². The van der Waals surface area contributed by atoms with Gasteiger partial charge in [-0.1, -0.05) is 0 Å². The van der Waals surface area contributed by atoms with Crippen LogP contribution in [-0.4, -0.2) is 155 Å². The van der Waals surface area contributed by atoms with Crippen molar-refractivity contribution in [1.82, 2.24) is 15.2 Å². The second-order valence-corrected chi connectivity index (χ2v) is 12.3. The molecule has 0 saturated carbocycles. The van der Waals surface area contributed by atoms with E-state index in [0.29, 0.717) is 6.61 Å². The van der Waals surface area contributed by atoms with Gasteiger partial charge in [-0.25, -0.2) is 4.79 Å². The normalized spacial score (nSPS) is 30.2. The molecule has 10 N–H and O–H groups in total. The molecule has 2 aliphatic heterocycles. The Labute approximate surface area is 287 Å². The Morgan fingerprint density at radius 1 is 1.18 bits per heavy atom. The highest BCUT2D eigenvalue weighted by Gasteiger charge is 2.55. The number of carboxylic acid groups (broad SMARTS) is 1. The Balaban J connectivity index is 1.73. The lowest BCUT2D eigenvalue weighted by Gasteiger charge is -2.50. The number of nitrogens with two attached hydrogens (primary N) is 1. The molecule has 0 spiro atoms. The summed E-state index contributed by atoms with van der Waals surface area (Å²) in [5, 5.41) is 78.3. The number of carbonyl (C=O) groups is 3. The maximum Gasteiger partial charge on any atom is 0.407 e. The van der Waals surface area contributed by atoms with E-state index in [1.165, 1.54) is 13.2 Å². The van der Waals surface area contributed by atoms with E-state index in [-0.39, 0.29) is 25.5 Å². The molecule has 3 heterocycles. The maximum absolute atomic E-state index is 13.0. The molecule has 25 heteroatoms. The van der Waals surface area contributed by atoms with Crippen molar-refractivity contribution in [2.45, 2.75) is 67.4 Å². The minimum Gasteiger partial charge on any atom is -0.756 e. The number of carboxylic acids is 1. The van der Waals surface area contributed by atoms with Crippen molar-refractivity contribution in [3.05, 3.63) is 28.7 Å². The molecular formula is C26H39N4O20P-2. The van der Waals surface area contributed by atoms with Gasteiger partial charge in [0.25, 0.3) is 13.4 Å². The third kappa shape index (κ3) is 11.1. The molecule has 290 valence electrons. The molecule has 0 bridgehead atoms. The number of nitrogen functional groups attached to an aromatic ring is 1. The van der Waals surface area contributed by atoms with E-state index in [4.69, 9.17) is 29.4 Å². The number of anilines is 1. The lowest BCUT2D eigenvalue weighted by atomic mass is 9.88. The summed E-state index contributed by atoms with van der Waals surface area (Å²) in [4.78, 5) is 62.1. The molecular weight excluding hydrogens is 719 g/mol. The van der Waals surface area contributed by atoms with E-state index in [9.17, 15) is 64.4 Å². The Morgan fingerprint density at radius 3 is 2.49 bits per heavy atom. The van der Waals surface area contributed by atoms with Crippen LogP contribution in [0.2, 0.25) is 0 Å². The maximum atomic E-state index is 13.0. The molecule has 1 aromatic heterocycles. The van der Waals surface area contributed by atoms with Crippen molar-refractivity contribution in [2.75, 3.05) is 52.4 Å². The topological polar surface area (TPSA) is 372 Å². The zero-order valence-corrected chi connectivity index (χ0v) is 27.6. The van der Waals surface area contributed by atoms with Crippen LogP contribution in [0.1, 0.15) is 12.6 Å². The van der Waals surface area contributed by atoms with Crippen molar-refractivity contribution >= 4 is 31.5 Å². The smallest absolute Gasteiger partial charge is 0.407 e. The number of carbonyl (C=O) groups excluding carboxylic acids is 3. The minimum absolute atomic E-state index is 0.00656. The van der Waals surface area contributed by atoms with Crippen molar-refractivity contribution in [3.63, 3.8) is 0 Å². The monoisotopic (exact) mass is 758 g/mol. The van der Waals surface area contributed by atoms with Crippen LogP contribution in [-0.2, 0) is 46.9 Å². The van der Waals surface area contributed by atoms with Gasteiger partial charge in [0, 0.05) is 31.5 Å². The summed E-state index contributed by atoms with van der Waals surface area (Å²) < 4.78 is 48.1. The lowest BCUT2D eigenvalue weighted by molar-refractivity contribution is -0.379. The minimum atomic E-state index is -6.10. The summed E-state index contributed by atoms with van der Waals surface area (Å²) in [5.74, 6) is -7.15. The van der Waals surface area contributed by atoms with Crippen molar-refractivity contribution in [1.29, 1.82) is 0 Å². The van der Waals surface area contributed by atoms with Gasteiger partial charge in [-0.2, -0.15) is 0 Å². The third-order valence-corrected chi connectivity index (χ3v) is 8.33. The molecule has 3 rings (SSSR count). The van der Waals surface area contributed by atoms with Gasteiger partial charge in [0.15, 0.2) is 12.5 Å². The Hall–Kier alpha value is -3.33. The first kappa shape index (κ1) is 42.1. The number of aliphatic hydroxyl groups excluding tert-OH is 6. The molecule has 2 amide bonds. The molecule has 2 fully saturated rings. The van der Waals surface area contributed by atoms with Crippen LogP contribution in [0.3, 0.4) is 0 Å². The quantitative estimate of drug-likeness (QED) is 0.0496. The van der Waals surface area contributed by atoms with Gasteiger partial charge in [-0.05, 0) is 6.07 Å². The fourth-order valence-electron chi connectivity index (χ4n) is 4.85. The number of aromatic nitrogens is 1. The second-order valence-electron chi connectivity index (χ2n) is 11.0. The van der Waals surface area contributed by atoms with Crippen LogP contribution in [0.4, 0.5) is 10.5 Å². The lowest BCUT2D eigenvalue weighted by Crippen LogP contribution is -2.70. The standard InChI is InChI=1S/C26H41N4O20P/c1-44-4-5-45-6-7-46-25(41)28-10-15(34)29-17-13(32)9-26(24(39)40,48-21(17)18(36)14(33)11-31)50-51(42,43)49-23-20(38)19(37)22(47-23)30-3-2-12(27)8-16(30)35/h2-3,8,13-14,17-23,31-33,36-38H,4-7,9-11,27H2,1H3,(H,28,41)(H,29,34)(H,39,40)(H,42,43)/p-2/t13?,14-,17?,18-,19?,20?,21?,22?,23?,26?/m1/s1. The Morgan fingerprint density at radius 2 is 1.86 bits per heavy atom. The zero-order chi connectivity index (χ0) is 38.1. The number of hydrogen-bond donors (Lipinski definition) is 9. The number of hydrogen-bond acceptors (Lipinski definition) is 21. The van der Waals surface area contributed by atoms with E-state index in [0.717, 1.165) is 16.8 Å². The van der Waals surface area contributed by atoms with Crippen LogP contribution in [0, 0.1) is 0 Å². The number of phosphoric ester groups is 1. The number of aliphatic hydroxyl groups is 6. The van der Waals surface area contributed by atoms with E-state index in [1.807, 2.05) is 0 Å². The molecule has 11 atom stereocenters. The second kappa shape index (κ2) is 18.4. The van der Waals surface area contributed by atoms with E-state index < -0.39 is 112 Å². The molecule has 2 aliphatic rings. The molecule has 24 nitrogen and oxygen atoms in total. The highest BCUT2D eigenvalue weighted by molar-refractivity contribution is 7.46. The van der Waals surface area contributed by atoms with E-state index in [2.05, 4.69) is 19.7 Å². The molecule has 0 radical (unpaired) electrons. The number of rotatable bonds is 18. The summed E-state index contributed by atoms with van der Waals surface area (Å²) in [5.41, 5.74) is 4.71. The number of aliphatic carboxylic acids is 1.